The second kappa shape index (κ2) is 27.2. The Balaban J connectivity index is 1.39. The number of ketones is 2. The highest BCUT2D eigenvalue weighted by Crippen LogP contribution is 2.42. The zero-order chi connectivity index (χ0) is 50.2. The largest absolute Gasteiger partial charge is 0.481 e. The summed E-state index contributed by atoms with van der Waals surface area (Å²) in [5.74, 6) is -4.36. The lowest BCUT2D eigenvalue weighted by Crippen LogP contribution is -2.54. The Labute approximate surface area is 405 Å². The molecule has 2 saturated heterocycles. The second-order valence-corrected chi connectivity index (χ2v) is 20.2. The van der Waals surface area contributed by atoms with Gasteiger partial charge in [0.25, 0.3) is 0 Å². The van der Waals surface area contributed by atoms with Gasteiger partial charge >= 0.3 is 5.97 Å². The lowest BCUT2D eigenvalue weighted by atomic mass is 9.83. The van der Waals surface area contributed by atoms with E-state index in [0.717, 1.165) is 37.7 Å². The first kappa shape index (κ1) is 56.3. The van der Waals surface area contributed by atoms with Crippen LogP contribution in [0.4, 0.5) is 0 Å². The summed E-state index contributed by atoms with van der Waals surface area (Å²) in [5.41, 5.74) is 0.903. The van der Waals surface area contributed by atoms with Crippen LogP contribution in [0.25, 0.3) is 0 Å². The van der Waals surface area contributed by atoms with Crippen LogP contribution in [0.5, 0.6) is 0 Å². The summed E-state index contributed by atoms with van der Waals surface area (Å²) >= 11 is 0. The van der Waals surface area contributed by atoms with Gasteiger partial charge in [0.1, 0.15) is 5.78 Å². The van der Waals surface area contributed by atoms with Crippen molar-refractivity contribution in [1.82, 2.24) is 25.3 Å². The van der Waals surface area contributed by atoms with Crippen molar-refractivity contribution in [3.05, 3.63) is 35.9 Å². The number of fused-ring (bicyclic) bond motifs is 2. The number of Topliss-reactive ketones (excluding diaryl/α,β-unsaturated/α-hetero) is 2. The fourth-order valence-electron chi connectivity index (χ4n) is 11.0. The van der Waals surface area contributed by atoms with E-state index in [1.54, 1.807) is 38.0 Å². The van der Waals surface area contributed by atoms with E-state index in [4.69, 9.17) is 19.3 Å². The van der Waals surface area contributed by atoms with Gasteiger partial charge in [-0.15, -0.1) is 0 Å². The Kier molecular flexibility index (Phi) is 22.6. The number of carboxylic acids is 1. The molecule has 2 heterocycles. The maximum absolute atomic E-state index is 14.5. The Morgan fingerprint density at radius 3 is 2.13 bits per heavy atom. The third-order valence-corrected chi connectivity index (χ3v) is 15.3. The molecule has 2 aliphatic heterocycles. The number of likely N-dealkylation sites (tertiary alicyclic amines) is 2. The van der Waals surface area contributed by atoms with Crippen LogP contribution in [-0.2, 0) is 54.2 Å². The number of rotatable bonds is 30. The monoisotopic (exact) mass is 954 g/mol. The summed E-state index contributed by atoms with van der Waals surface area (Å²) in [6.45, 7) is 12.6. The average molecular weight is 954 g/mol. The normalized spacial score (nSPS) is 22.7. The summed E-state index contributed by atoms with van der Waals surface area (Å²) < 4.78 is 17.7. The molecule has 382 valence electrons. The molecule has 3 aliphatic rings. The summed E-state index contributed by atoms with van der Waals surface area (Å²) in [5, 5.41) is 14.5. The first-order valence-electron chi connectivity index (χ1n) is 25.1. The van der Waals surface area contributed by atoms with E-state index in [1.165, 1.54) is 6.92 Å². The number of nitrogens with zero attached hydrogens (tertiary/aromatic N) is 3. The molecule has 0 aromatic heterocycles. The van der Waals surface area contributed by atoms with E-state index in [1.807, 2.05) is 51.2 Å². The number of benzene rings is 1. The van der Waals surface area contributed by atoms with Gasteiger partial charge in [-0.05, 0) is 68.9 Å². The zero-order valence-electron chi connectivity index (χ0n) is 42.6. The van der Waals surface area contributed by atoms with E-state index in [-0.39, 0.29) is 105 Å². The minimum absolute atomic E-state index is 0.0172. The molecular formula is C52H83N5O11. The summed E-state index contributed by atoms with van der Waals surface area (Å²) in [4.78, 5) is 99.4. The molecule has 3 N–H and O–H groups in total. The number of ether oxygens (including phenoxy) is 3. The lowest BCUT2D eigenvalue weighted by Gasteiger charge is -2.41. The minimum Gasteiger partial charge on any atom is -0.481 e. The van der Waals surface area contributed by atoms with Crippen molar-refractivity contribution in [2.45, 2.75) is 149 Å². The van der Waals surface area contributed by atoms with Crippen LogP contribution in [-0.4, -0.2) is 159 Å². The van der Waals surface area contributed by atoms with Crippen molar-refractivity contribution in [1.29, 1.82) is 0 Å². The number of nitrogens with one attached hydrogen (secondary N) is 2. The number of amides is 4. The first-order valence-corrected chi connectivity index (χ1v) is 25.1. The number of hydrogen-bond donors (Lipinski definition) is 3. The molecule has 0 radical (unpaired) electrons. The fraction of sp³-hybridized carbons (Fsp3) is 0.750. The van der Waals surface area contributed by atoms with Gasteiger partial charge in [-0.3, -0.25) is 38.5 Å². The molecule has 1 aromatic rings. The Morgan fingerprint density at radius 2 is 1.54 bits per heavy atom. The van der Waals surface area contributed by atoms with Crippen molar-refractivity contribution in [3.63, 3.8) is 0 Å². The maximum Gasteiger partial charge on any atom is 0.306 e. The number of piperidine rings is 1. The molecule has 16 heteroatoms. The molecule has 12 atom stereocenters. The number of carbonyl (C=O) groups excluding carboxylic acids is 6. The Hall–Kier alpha value is -4.25. The number of carboxylic acid groups (broad SMARTS) is 1. The lowest BCUT2D eigenvalue weighted by molar-refractivity contribution is -0.149. The van der Waals surface area contributed by atoms with Crippen LogP contribution < -0.4 is 10.6 Å². The van der Waals surface area contributed by atoms with E-state index in [9.17, 15) is 33.6 Å². The Bertz CT molecular complexity index is 1830. The minimum atomic E-state index is -1.04. The van der Waals surface area contributed by atoms with Crippen LogP contribution in [0, 0.1) is 41.4 Å². The molecule has 4 amide bonds. The summed E-state index contributed by atoms with van der Waals surface area (Å²) in [6, 6.07) is 8.96. The predicted molar refractivity (Wildman–Crippen MR) is 258 cm³/mol. The second-order valence-electron chi connectivity index (χ2n) is 20.2. The maximum atomic E-state index is 14.5. The van der Waals surface area contributed by atoms with Gasteiger partial charge in [0.2, 0.25) is 23.6 Å². The first-order chi connectivity index (χ1) is 32.3. The molecule has 2 bridgehead atoms. The van der Waals surface area contributed by atoms with Gasteiger partial charge in [0.05, 0.1) is 55.9 Å². The highest BCUT2D eigenvalue weighted by molar-refractivity contribution is 5.91. The molecule has 1 aliphatic carbocycles. The molecule has 68 heavy (non-hydrogen) atoms. The molecule has 0 spiro atoms. The SMILES string of the molecule is CC[C@H](C)[C@@H]([C@@H](CC(=O)N1CCC[C@H]1[C@H](OC)[C@@H](C)C(=O)C[C@@H](Cc1ccccc1)C(=O)NCCOCCNC(=O)CC(C)C(=O)O)OC)N(C)C(=O)[C@@H](CC(=O)[C@@H]1[C@H]2CC[C@H](C2)N1C)C(C)C. The molecule has 1 unspecified atom stereocenters. The van der Waals surface area contributed by atoms with Gasteiger partial charge in [0, 0.05) is 84.0 Å². The Morgan fingerprint density at radius 1 is 0.868 bits per heavy atom. The number of carbonyl (C=O) groups is 7. The molecular weight excluding hydrogens is 871 g/mol. The predicted octanol–water partition coefficient (Wildman–Crippen LogP) is 4.80. The van der Waals surface area contributed by atoms with E-state index >= 15 is 0 Å². The van der Waals surface area contributed by atoms with E-state index in [0.29, 0.717) is 31.3 Å². The summed E-state index contributed by atoms with van der Waals surface area (Å²) in [6.07, 6.45) is 4.42. The number of aliphatic carboxylic acids is 1. The van der Waals surface area contributed by atoms with Gasteiger partial charge < -0.3 is 39.8 Å². The number of methoxy groups -OCH3 is 2. The van der Waals surface area contributed by atoms with Crippen LogP contribution >= 0.6 is 0 Å². The van der Waals surface area contributed by atoms with Gasteiger partial charge in [-0.1, -0.05) is 78.3 Å². The van der Waals surface area contributed by atoms with E-state index in [2.05, 4.69) is 29.4 Å². The topological polar surface area (TPSA) is 201 Å². The standard InChI is InChI=1S/C52H83N5O11/c1-11-33(4)47(56(8)51(63)40(32(2)3)30-43(59)48-37-19-20-39(28-37)55(48)7)44(66-9)31-46(61)57-23-15-18-41(57)49(67-10)35(6)42(58)29-38(27-36-16-13-12-14-17-36)50(62)54-22-25-68-24-21-53-45(60)26-34(5)52(64)65/h12-14,16-17,32-35,37-41,44,47-49H,11,15,18-31H2,1-10H3,(H,53,60)(H,54,62)(H,64,65)/t33-,34?,35-,37-,38+,39+,40-,41-,44+,47-,48-,49+/m0/s1. The van der Waals surface area contributed by atoms with Crippen LogP contribution in [0.3, 0.4) is 0 Å². The number of hydrogen-bond acceptors (Lipinski definition) is 11. The van der Waals surface area contributed by atoms with Crippen LogP contribution in [0.15, 0.2) is 30.3 Å². The smallest absolute Gasteiger partial charge is 0.306 e. The molecule has 1 saturated carbocycles. The fourth-order valence-corrected chi connectivity index (χ4v) is 11.0. The van der Waals surface area contributed by atoms with Crippen LogP contribution in [0.2, 0.25) is 0 Å². The molecule has 4 rings (SSSR count). The molecule has 16 nitrogen and oxygen atoms in total. The average Bonchev–Trinajstić information content (AvgIpc) is 4.07. The van der Waals surface area contributed by atoms with Crippen LogP contribution in [0.1, 0.15) is 111 Å². The van der Waals surface area contributed by atoms with E-state index < -0.39 is 53.9 Å². The number of likely N-dealkylation sites (N-methyl/N-ethyl adjacent to an activating group) is 2. The zero-order valence-corrected chi connectivity index (χ0v) is 42.6. The van der Waals surface area contributed by atoms with Crippen molar-refractivity contribution in [2.24, 2.45) is 41.4 Å². The third kappa shape index (κ3) is 15.1. The van der Waals surface area contributed by atoms with Gasteiger partial charge in [-0.2, -0.15) is 0 Å². The van der Waals surface area contributed by atoms with Crippen molar-refractivity contribution >= 4 is 41.2 Å². The highest BCUT2D eigenvalue weighted by atomic mass is 16.5. The van der Waals surface area contributed by atoms with Crippen molar-refractivity contribution in [3.8, 4) is 0 Å². The van der Waals surface area contributed by atoms with Gasteiger partial charge in [-0.25, -0.2) is 0 Å². The van der Waals surface area contributed by atoms with Crippen molar-refractivity contribution < 1.29 is 52.9 Å². The molecule has 3 fully saturated rings. The highest BCUT2D eigenvalue weighted by Gasteiger charge is 2.48. The van der Waals surface area contributed by atoms with Crippen molar-refractivity contribution in [2.75, 3.05) is 61.2 Å². The quantitative estimate of drug-likeness (QED) is 0.0892. The third-order valence-electron chi connectivity index (χ3n) is 15.3. The van der Waals surface area contributed by atoms with Gasteiger partial charge in [0.15, 0.2) is 5.78 Å². The summed E-state index contributed by atoms with van der Waals surface area (Å²) in [7, 11) is 6.95. The molecule has 1 aromatic carbocycles.